The van der Waals surface area contributed by atoms with Crippen LogP contribution in [-0.4, -0.2) is 44.6 Å². The van der Waals surface area contributed by atoms with Gasteiger partial charge in [-0.05, 0) is 6.42 Å². The highest BCUT2D eigenvalue weighted by Crippen LogP contribution is 1.81. The first-order chi connectivity index (χ1) is 6.81. The molecule has 14 heavy (non-hydrogen) atoms. The van der Waals surface area contributed by atoms with Crippen molar-refractivity contribution in [3.8, 4) is 0 Å². The first kappa shape index (κ1) is 12.9. The van der Waals surface area contributed by atoms with Gasteiger partial charge < -0.3 is 19.9 Å². The van der Waals surface area contributed by atoms with Gasteiger partial charge in [0.05, 0.1) is 20.3 Å². The largest absolute Gasteiger partial charge is 0.466 e. The van der Waals surface area contributed by atoms with Crippen LogP contribution in [-0.2, 0) is 14.3 Å². The molecule has 0 aromatic heterocycles. The Morgan fingerprint density at radius 1 is 1.50 bits per heavy atom. The molecular weight excluding hydrogens is 186 g/mol. The zero-order valence-corrected chi connectivity index (χ0v) is 8.36. The molecule has 0 unspecified atom stereocenters. The minimum atomic E-state index is -0.381. The molecule has 0 fully saturated rings. The van der Waals surface area contributed by atoms with Crippen LogP contribution in [0.25, 0.3) is 0 Å². The van der Waals surface area contributed by atoms with Gasteiger partial charge in [-0.2, -0.15) is 0 Å². The second-order valence-corrected chi connectivity index (χ2v) is 2.50. The highest BCUT2D eigenvalue weighted by atomic mass is 16.5. The SMILES string of the molecule is COC(=O)/C=C/NCCCOCCO. The van der Waals surface area contributed by atoms with Crippen molar-refractivity contribution in [2.75, 3.05) is 33.5 Å². The number of hydrogen-bond donors (Lipinski definition) is 2. The number of aliphatic hydroxyl groups is 1. The Balaban J connectivity index is 3.13. The van der Waals surface area contributed by atoms with Crippen molar-refractivity contribution < 1.29 is 19.4 Å². The van der Waals surface area contributed by atoms with Crippen LogP contribution in [0.15, 0.2) is 12.3 Å². The molecule has 0 atom stereocenters. The molecule has 0 heterocycles. The Morgan fingerprint density at radius 3 is 2.93 bits per heavy atom. The van der Waals surface area contributed by atoms with Crippen LogP contribution in [0.4, 0.5) is 0 Å². The quantitative estimate of drug-likeness (QED) is 0.321. The molecule has 5 heteroatoms. The molecule has 0 rings (SSSR count). The van der Waals surface area contributed by atoms with Crippen LogP contribution >= 0.6 is 0 Å². The summed E-state index contributed by atoms with van der Waals surface area (Å²) >= 11 is 0. The molecule has 0 aliphatic rings. The third kappa shape index (κ3) is 9.02. The van der Waals surface area contributed by atoms with Crippen LogP contribution in [0, 0.1) is 0 Å². The lowest BCUT2D eigenvalue weighted by atomic mass is 10.4. The van der Waals surface area contributed by atoms with Gasteiger partial charge in [0.15, 0.2) is 0 Å². The second-order valence-electron chi connectivity index (χ2n) is 2.50. The van der Waals surface area contributed by atoms with Crippen LogP contribution in [0.1, 0.15) is 6.42 Å². The molecule has 2 N–H and O–H groups in total. The molecule has 0 aromatic rings. The van der Waals surface area contributed by atoms with Gasteiger partial charge in [0.25, 0.3) is 0 Å². The smallest absolute Gasteiger partial charge is 0.331 e. The lowest BCUT2D eigenvalue weighted by molar-refractivity contribution is -0.134. The predicted molar refractivity (Wildman–Crippen MR) is 51.7 cm³/mol. The number of ether oxygens (including phenoxy) is 2. The minimum Gasteiger partial charge on any atom is -0.466 e. The summed E-state index contributed by atoms with van der Waals surface area (Å²) in [6.07, 6.45) is 3.68. The third-order valence-corrected chi connectivity index (χ3v) is 1.38. The van der Waals surface area contributed by atoms with Gasteiger partial charge in [-0.15, -0.1) is 0 Å². The van der Waals surface area contributed by atoms with E-state index < -0.39 is 0 Å². The summed E-state index contributed by atoms with van der Waals surface area (Å²) in [6, 6.07) is 0. The standard InChI is InChI=1S/C9H17NO4/c1-13-9(12)3-5-10-4-2-7-14-8-6-11/h3,5,10-11H,2,4,6-8H2,1H3/b5-3+. The number of carbonyl (C=O) groups excluding carboxylic acids is 1. The molecule has 0 aliphatic heterocycles. The summed E-state index contributed by atoms with van der Waals surface area (Å²) in [5, 5.41) is 11.3. The van der Waals surface area contributed by atoms with Crippen LogP contribution in [0.5, 0.6) is 0 Å². The number of rotatable bonds is 8. The van der Waals surface area contributed by atoms with Crippen molar-refractivity contribution >= 4 is 5.97 Å². The predicted octanol–water partition coefficient (Wildman–Crippen LogP) is -0.338. The number of hydrogen-bond acceptors (Lipinski definition) is 5. The Kier molecular flexibility index (Phi) is 9.25. The van der Waals surface area contributed by atoms with E-state index in [2.05, 4.69) is 10.1 Å². The number of esters is 1. The Labute approximate surface area is 83.7 Å². The first-order valence-electron chi connectivity index (χ1n) is 4.47. The van der Waals surface area contributed by atoms with Gasteiger partial charge in [-0.25, -0.2) is 4.79 Å². The molecule has 5 nitrogen and oxygen atoms in total. The molecule has 0 bridgehead atoms. The number of methoxy groups -OCH3 is 1. The highest BCUT2D eigenvalue weighted by molar-refractivity contribution is 5.81. The molecule has 0 amide bonds. The maximum Gasteiger partial charge on any atom is 0.331 e. The normalized spacial score (nSPS) is 10.4. The van der Waals surface area contributed by atoms with E-state index in [1.165, 1.54) is 19.4 Å². The Morgan fingerprint density at radius 2 is 2.29 bits per heavy atom. The number of aliphatic hydroxyl groups excluding tert-OH is 1. The van der Waals surface area contributed by atoms with Gasteiger partial charge >= 0.3 is 5.97 Å². The molecule has 0 radical (unpaired) electrons. The Hall–Kier alpha value is -1.07. The Bertz CT molecular complexity index is 170. The van der Waals surface area contributed by atoms with E-state index in [4.69, 9.17) is 9.84 Å². The van der Waals surface area contributed by atoms with Gasteiger partial charge in [0, 0.05) is 25.4 Å². The van der Waals surface area contributed by atoms with Crippen molar-refractivity contribution in [2.45, 2.75) is 6.42 Å². The lowest BCUT2D eigenvalue weighted by Gasteiger charge is -2.01. The molecule has 0 aliphatic carbocycles. The highest BCUT2D eigenvalue weighted by Gasteiger charge is 1.89. The van der Waals surface area contributed by atoms with Gasteiger partial charge in [0.2, 0.25) is 0 Å². The van der Waals surface area contributed by atoms with E-state index >= 15 is 0 Å². The maximum atomic E-state index is 10.6. The molecular formula is C9H17NO4. The molecule has 0 aromatic carbocycles. The molecule has 0 spiro atoms. The third-order valence-electron chi connectivity index (χ3n) is 1.38. The van der Waals surface area contributed by atoms with Gasteiger partial charge in [-0.1, -0.05) is 0 Å². The lowest BCUT2D eigenvalue weighted by Crippen LogP contribution is -2.11. The zero-order valence-electron chi connectivity index (χ0n) is 8.36. The van der Waals surface area contributed by atoms with E-state index in [0.717, 1.165) is 13.0 Å². The van der Waals surface area contributed by atoms with E-state index in [1.807, 2.05) is 0 Å². The van der Waals surface area contributed by atoms with Crippen molar-refractivity contribution in [2.24, 2.45) is 0 Å². The summed E-state index contributed by atoms with van der Waals surface area (Å²) in [5.74, 6) is -0.381. The van der Waals surface area contributed by atoms with E-state index in [1.54, 1.807) is 0 Å². The fourth-order valence-corrected chi connectivity index (χ4v) is 0.721. The van der Waals surface area contributed by atoms with Crippen LogP contribution in [0.3, 0.4) is 0 Å². The first-order valence-corrected chi connectivity index (χ1v) is 4.47. The second kappa shape index (κ2) is 10.0. The number of carbonyl (C=O) groups is 1. The maximum absolute atomic E-state index is 10.6. The van der Waals surface area contributed by atoms with E-state index in [0.29, 0.717) is 13.2 Å². The molecule has 82 valence electrons. The summed E-state index contributed by atoms with van der Waals surface area (Å²) < 4.78 is 9.42. The fraction of sp³-hybridized carbons (Fsp3) is 0.667. The van der Waals surface area contributed by atoms with Crippen LogP contribution < -0.4 is 5.32 Å². The van der Waals surface area contributed by atoms with E-state index in [9.17, 15) is 4.79 Å². The monoisotopic (exact) mass is 203 g/mol. The van der Waals surface area contributed by atoms with Crippen molar-refractivity contribution in [3.05, 3.63) is 12.3 Å². The molecule has 0 saturated heterocycles. The average Bonchev–Trinajstić information content (AvgIpc) is 2.21. The topological polar surface area (TPSA) is 67.8 Å². The average molecular weight is 203 g/mol. The molecule has 0 saturated carbocycles. The number of nitrogens with one attached hydrogen (secondary N) is 1. The summed E-state index contributed by atoms with van der Waals surface area (Å²) in [6.45, 7) is 1.74. The minimum absolute atomic E-state index is 0.0513. The van der Waals surface area contributed by atoms with Gasteiger partial charge in [-0.3, -0.25) is 0 Å². The van der Waals surface area contributed by atoms with Gasteiger partial charge in [0.1, 0.15) is 0 Å². The van der Waals surface area contributed by atoms with Crippen molar-refractivity contribution in [3.63, 3.8) is 0 Å². The summed E-state index contributed by atoms with van der Waals surface area (Å²) in [5.41, 5.74) is 0. The van der Waals surface area contributed by atoms with Crippen molar-refractivity contribution in [1.82, 2.24) is 5.32 Å². The fourth-order valence-electron chi connectivity index (χ4n) is 0.721. The van der Waals surface area contributed by atoms with Crippen molar-refractivity contribution in [1.29, 1.82) is 0 Å². The van der Waals surface area contributed by atoms with E-state index in [-0.39, 0.29) is 12.6 Å². The zero-order chi connectivity index (χ0) is 10.6. The van der Waals surface area contributed by atoms with Crippen LogP contribution in [0.2, 0.25) is 0 Å². The summed E-state index contributed by atoms with van der Waals surface area (Å²) in [7, 11) is 1.33. The summed E-state index contributed by atoms with van der Waals surface area (Å²) in [4.78, 5) is 10.6.